The summed E-state index contributed by atoms with van der Waals surface area (Å²) >= 11 is 0. The number of ether oxygens (including phenoxy) is 1. The van der Waals surface area contributed by atoms with Crippen molar-refractivity contribution in [2.75, 3.05) is 10.6 Å². The van der Waals surface area contributed by atoms with Gasteiger partial charge in [-0.05, 0) is 44.0 Å². The molecule has 0 aliphatic rings. The Hall–Kier alpha value is -3.08. The van der Waals surface area contributed by atoms with Crippen molar-refractivity contribution in [2.24, 2.45) is 0 Å². The summed E-state index contributed by atoms with van der Waals surface area (Å²) in [7, 11) is 0. The third-order valence-corrected chi connectivity index (χ3v) is 4.02. The fourth-order valence-electron chi connectivity index (χ4n) is 2.86. The fraction of sp³-hybridized carbons (Fsp3) is 0.238. The molecule has 134 valence electrons. The van der Waals surface area contributed by atoms with Gasteiger partial charge < -0.3 is 10.1 Å². The van der Waals surface area contributed by atoms with Gasteiger partial charge in [0.05, 0.1) is 5.69 Å². The number of pyridine rings is 1. The lowest BCUT2D eigenvalue weighted by molar-refractivity contribution is 0.155. The average molecular weight is 349 g/mol. The Balaban J connectivity index is 1.82. The van der Waals surface area contributed by atoms with Crippen molar-refractivity contribution >= 4 is 28.2 Å². The molecule has 0 unspecified atom stereocenters. The van der Waals surface area contributed by atoms with E-state index in [-0.39, 0.29) is 6.61 Å². The van der Waals surface area contributed by atoms with E-state index in [0.29, 0.717) is 11.7 Å². The number of fused-ring (bicyclic) bond motifs is 1. The molecule has 0 fully saturated rings. The summed E-state index contributed by atoms with van der Waals surface area (Å²) < 4.78 is 5.33. The summed E-state index contributed by atoms with van der Waals surface area (Å²) in [5.74, 6) is 0. The van der Waals surface area contributed by atoms with E-state index in [0.717, 1.165) is 27.6 Å². The van der Waals surface area contributed by atoms with Gasteiger partial charge in [0.25, 0.3) is 0 Å². The predicted octanol–water partition coefficient (Wildman–Crippen LogP) is 5.11. The van der Waals surface area contributed by atoms with Crippen LogP contribution in [-0.4, -0.2) is 17.1 Å². The molecule has 0 aliphatic carbocycles. The van der Waals surface area contributed by atoms with Crippen molar-refractivity contribution in [1.29, 1.82) is 0 Å². The summed E-state index contributed by atoms with van der Waals surface area (Å²) in [5, 5.41) is 8.21. The van der Waals surface area contributed by atoms with E-state index in [1.165, 1.54) is 0 Å². The molecule has 1 heterocycles. The second-order valence-electron chi connectivity index (χ2n) is 6.52. The summed E-state index contributed by atoms with van der Waals surface area (Å²) in [6, 6.07) is 13.8. The highest BCUT2D eigenvalue weighted by Gasteiger charge is 2.13. The maximum Gasteiger partial charge on any atom is 0.411 e. The highest BCUT2D eigenvalue weighted by molar-refractivity contribution is 6.06. The van der Waals surface area contributed by atoms with Crippen LogP contribution in [0.4, 0.5) is 16.2 Å². The Bertz CT molecular complexity index is 908. The normalized spacial score (nSPS) is 10.8. The molecular formula is C21H23N3O2. The van der Waals surface area contributed by atoms with Gasteiger partial charge in [0.2, 0.25) is 0 Å². The molecule has 0 saturated heterocycles. The quantitative estimate of drug-likeness (QED) is 0.672. The number of nitrogens with one attached hydrogen (secondary N) is 2. The molecule has 0 bridgehead atoms. The molecular weight excluding hydrogens is 326 g/mol. The highest BCUT2D eigenvalue weighted by atomic mass is 16.5. The van der Waals surface area contributed by atoms with Gasteiger partial charge in [-0.15, -0.1) is 0 Å². The first kappa shape index (κ1) is 17.7. The number of anilines is 2. The molecule has 5 nitrogen and oxygen atoms in total. The number of carbonyl (C=O) groups excluding carboxylic acids is 1. The maximum atomic E-state index is 12.2. The van der Waals surface area contributed by atoms with Gasteiger partial charge in [0, 0.05) is 34.9 Å². The molecule has 3 aromatic rings. The van der Waals surface area contributed by atoms with Crippen LogP contribution in [0.15, 0.2) is 54.9 Å². The molecule has 2 N–H and O–H groups in total. The minimum Gasteiger partial charge on any atom is -0.444 e. The van der Waals surface area contributed by atoms with Crippen LogP contribution in [0.25, 0.3) is 10.8 Å². The average Bonchev–Trinajstić information content (AvgIpc) is 2.64. The molecule has 3 rings (SSSR count). The van der Waals surface area contributed by atoms with Crippen molar-refractivity contribution in [3.05, 3.63) is 66.0 Å². The number of benzene rings is 2. The molecule has 1 aromatic heterocycles. The largest absolute Gasteiger partial charge is 0.444 e. The first-order chi connectivity index (χ1) is 12.5. The van der Waals surface area contributed by atoms with E-state index in [9.17, 15) is 4.79 Å². The number of hydrogen-bond acceptors (Lipinski definition) is 4. The number of aromatic nitrogens is 1. The van der Waals surface area contributed by atoms with Crippen molar-refractivity contribution in [2.45, 2.75) is 33.4 Å². The molecule has 26 heavy (non-hydrogen) atoms. The smallest absolute Gasteiger partial charge is 0.411 e. The van der Waals surface area contributed by atoms with Crippen molar-refractivity contribution in [1.82, 2.24) is 4.98 Å². The van der Waals surface area contributed by atoms with Crippen LogP contribution >= 0.6 is 0 Å². The molecule has 0 aliphatic heterocycles. The predicted molar refractivity (Wildman–Crippen MR) is 105 cm³/mol. The Morgan fingerprint density at radius 1 is 1.15 bits per heavy atom. The van der Waals surface area contributed by atoms with E-state index in [1.54, 1.807) is 6.20 Å². The lowest BCUT2D eigenvalue weighted by Crippen LogP contribution is -2.15. The Labute approximate surface area is 153 Å². The van der Waals surface area contributed by atoms with Crippen molar-refractivity contribution in [3.8, 4) is 0 Å². The number of carbonyl (C=O) groups is 1. The molecule has 1 amide bonds. The zero-order valence-electron chi connectivity index (χ0n) is 15.2. The third kappa shape index (κ3) is 4.11. The first-order valence-electron chi connectivity index (χ1n) is 8.66. The van der Waals surface area contributed by atoms with E-state index in [4.69, 9.17) is 4.74 Å². The lowest BCUT2D eigenvalue weighted by Gasteiger charge is -2.18. The van der Waals surface area contributed by atoms with Crippen molar-refractivity contribution < 1.29 is 9.53 Å². The van der Waals surface area contributed by atoms with E-state index in [2.05, 4.69) is 29.5 Å². The Morgan fingerprint density at radius 3 is 2.65 bits per heavy atom. The first-order valence-corrected chi connectivity index (χ1v) is 8.66. The highest BCUT2D eigenvalue weighted by Crippen LogP contribution is 2.33. The van der Waals surface area contributed by atoms with E-state index >= 15 is 0 Å². The second-order valence-corrected chi connectivity index (χ2v) is 6.52. The maximum absolute atomic E-state index is 12.2. The van der Waals surface area contributed by atoms with Crippen LogP contribution in [0.1, 0.15) is 25.0 Å². The monoisotopic (exact) mass is 349 g/mol. The summed E-state index contributed by atoms with van der Waals surface area (Å²) in [4.78, 5) is 16.5. The molecule has 0 saturated carbocycles. The van der Waals surface area contributed by atoms with E-state index in [1.807, 2.05) is 55.6 Å². The summed E-state index contributed by atoms with van der Waals surface area (Å²) in [5.41, 5.74) is 3.74. The molecule has 0 spiro atoms. The number of amides is 1. The van der Waals surface area contributed by atoms with Gasteiger partial charge >= 0.3 is 6.09 Å². The van der Waals surface area contributed by atoms with Crippen LogP contribution in [0.5, 0.6) is 0 Å². The zero-order chi connectivity index (χ0) is 18.5. The van der Waals surface area contributed by atoms with Crippen LogP contribution in [0, 0.1) is 6.92 Å². The van der Waals surface area contributed by atoms with Crippen LogP contribution in [-0.2, 0) is 11.3 Å². The number of nitrogens with zero attached hydrogens (tertiary/aromatic N) is 1. The topological polar surface area (TPSA) is 63.2 Å². The fourth-order valence-corrected chi connectivity index (χ4v) is 2.86. The summed E-state index contributed by atoms with van der Waals surface area (Å²) in [6.07, 6.45) is 3.06. The van der Waals surface area contributed by atoms with Gasteiger partial charge in [0.15, 0.2) is 0 Å². The Kier molecular flexibility index (Phi) is 5.37. The molecule has 0 atom stereocenters. The molecule has 0 radical (unpaired) electrons. The molecule has 5 heteroatoms. The molecule has 2 aromatic carbocycles. The van der Waals surface area contributed by atoms with Gasteiger partial charge in [-0.1, -0.05) is 30.3 Å². The zero-order valence-corrected chi connectivity index (χ0v) is 15.2. The third-order valence-electron chi connectivity index (χ3n) is 4.02. The number of hydrogen-bond donors (Lipinski definition) is 2. The minimum atomic E-state index is -0.476. The van der Waals surface area contributed by atoms with Crippen LogP contribution in [0.3, 0.4) is 0 Å². The van der Waals surface area contributed by atoms with Gasteiger partial charge in [-0.3, -0.25) is 10.3 Å². The number of rotatable bonds is 5. The lowest BCUT2D eigenvalue weighted by atomic mass is 10.0. The number of aryl methyl sites for hydroxylation is 1. The van der Waals surface area contributed by atoms with Crippen LogP contribution in [0.2, 0.25) is 0 Å². The summed E-state index contributed by atoms with van der Waals surface area (Å²) in [6.45, 7) is 6.43. The van der Waals surface area contributed by atoms with Crippen molar-refractivity contribution in [3.63, 3.8) is 0 Å². The minimum absolute atomic E-state index is 0.234. The van der Waals surface area contributed by atoms with E-state index < -0.39 is 6.09 Å². The SMILES string of the molecule is Cc1cc(NC(=O)OCc2ccccc2)c2ccncc2c1NC(C)C. The van der Waals surface area contributed by atoms with Gasteiger partial charge in [-0.25, -0.2) is 4.79 Å². The Morgan fingerprint density at radius 2 is 1.92 bits per heavy atom. The van der Waals surface area contributed by atoms with Crippen LogP contribution < -0.4 is 10.6 Å². The van der Waals surface area contributed by atoms with Gasteiger partial charge in [0.1, 0.15) is 6.61 Å². The van der Waals surface area contributed by atoms with Gasteiger partial charge in [-0.2, -0.15) is 0 Å². The second kappa shape index (κ2) is 7.87. The standard InChI is InChI=1S/C21H23N3O2/c1-14(2)23-20-15(3)11-19(17-9-10-22-12-18(17)20)24-21(25)26-13-16-7-5-4-6-8-16/h4-12,14,23H,13H2,1-3H3,(H,24,25).